The molecule has 0 unspecified atom stereocenters. The molecule has 0 saturated carbocycles. The maximum absolute atomic E-state index is 12.2. The molecule has 2 aromatic carbocycles. The first-order valence-corrected chi connectivity index (χ1v) is 7.16. The van der Waals surface area contributed by atoms with E-state index in [0.717, 1.165) is 4.47 Å². The molecular formula is C14H10BrCl2NO2. The molecule has 1 N–H and O–H groups in total. The molecule has 0 aromatic heterocycles. The Kier molecular flexibility index (Phi) is 4.91. The average Bonchev–Trinajstić information content (AvgIpc) is 2.42. The lowest BCUT2D eigenvalue weighted by molar-refractivity contribution is 0.102. The first kappa shape index (κ1) is 15.2. The lowest BCUT2D eigenvalue weighted by Crippen LogP contribution is -2.13. The largest absolute Gasteiger partial charge is 0.495 e. The van der Waals surface area contributed by atoms with Gasteiger partial charge in [-0.25, -0.2) is 0 Å². The standard InChI is InChI=1S/C14H10BrCl2NO2/c1-20-12-6-5-8(15)7-11(12)18-14(19)9-3-2-4-10(16)13(9)17/h2-7H,1H3,(H,18,19). The van der Waals surface area contributed by atoms with E-state index in [2.05, 4.69) is 21.2 Å². The SMILES string of the molecule is COc1ccc(Br)cc1NC(=O)c1cccc(Cl)c1Cl. The number of halogens is 3. The Labute approximate surface area is 135 Å². The molecule has 3 nitrogen and oxygen atoms in total. The van der Waals surface area contributed by atoms with Crippen LogP contribution in [0.1, 0.15) is 10.4 Å². The molecule has 0 fully saturated rings. The van der Waals surface area contributed by atoms with E-state index < -0.39 is 0 Å². The van der Waals surface area contributed by atoms with Crippen LogP contribution in [0.4, 0.5) is 5.69 Å². The zero-order chi connectivity index (χ0) is 14.7. The molecule has 0 spiro atoms. The van der Waals surface area contributed by atoms with E-state index in [1.807, 2.05) is 6.07 Å². The van der Waals surface area contributed by atoms with Crippen molar-refractivity contribution >= 4 is 50.7 Å². The fourth-order valence-corrected chi connectivity index (χ4v) is 2.39. The first-order valence-electron chi connectivity index (χ1n) is 5.62. The van der Waals surface area contributed by atoms with Crippen LogP contribution in [0.2, 0.25) is 10.0 Å². The fourth-order valence-electron chi connectivity index (χ4n) is 1.65. The van der Waals surface area contributed by atoms with Crippen LogP contribution in [0.5, 0.6) is 5.75 Å². The molecule has 0 heterocycles. The van der Waals surface area contributed by atoms with Crippen LogP contribution < -0.4 is 10.1 Å². The summed E-state index contributed by atoms with van der Waals surface area (Å²) in [6.45, 7) is 0. The quantitative estimate of drug-likeness (QED) is 0.819. The van der Waals surface area contributed by atoms with Crippen molar-refractivity contribution in [1.29, 1.82) is 0 Å². The zero-order valence-electron chi connectivity index (χ0n) is 10.4. The third-order valence-electron chi connectivity index (χ3n) is 2.61. The molecule has 0 aliphatic heterocycles. The van der Waals surface area contributed by atoms with Gasteiger partial charge in [-0.3, -0.25) is 4.79 Å². The van der Waals surface area contributed by atoms with Gasteiger partial charge in [-0.2, -0.15) is 0 Å². The normalized spacial score (nSPS) is 10.2. The number of methoxy groups -OCH3 is 1. The molecule has 0 saturated heterocycles. The van der Waals surface area contributed by atoms with Crippen molar-refractivity contribution in [3.05, 3.63) is 56.5 Å². The lowest BCUT2D eigenvalue weighted by atomic mass is 10.2. The van der Waals surface area contributed by atoms with Crippen molar-refractivity contribution in [2.75, 3.05) is 12.4 Å². The van der Waals surface area contributed by atoms with E-state index in [4.69, 9.17) is 27.9 Å². The summed E-state index contributed by atoms with van der Waals surface area (Å²) in [5, 5.41) is 3.31. The van der Waals surface area contributed by atoms with Crippen LogP contribution in [0.15, 0.2) is 40.9 Å². The minimum Gasteiger partial charge on any atom is -0.495 e. The average molecular weight is 375 g/mol. The Balaban J connectivity index is 2.32. The molecule has 1 amide bonds. The number of nitrogens with one attached hydrogen (secondary N) is 1. The van der Waals surface area contributed by atoms with Crippen LogP contribution in [-0.4, -0.2) is 13.0 Å². The third-order valence-corrected chi connectivity index (χ3v) is 3.92. The number of rotatable bonds is 3. The van der Waals surface area contributed by atoms with E-state index in [-0.39, 0.29) is 10.9 Å². The highest BCUT2D eigenvalue weighted by Crippen LogP contribution is 2.30. The highest BCUT2D eigenvalue weighted by molar-refractivity contribution is 9.10. The van der Waals surface area contributed by atoms with Gasteiger partial charge < -0.3 is 10.1 Å². The third kappa shape index (κ3) is 3.26. The maximum atomic E-state index is 12.2. The van der Waals surface area contributed by atoms with Gasteiger partial charge in [0.25, 0.3) is 5.91 Å². The van der Waals surface area contributed by atoms with E-state index in [1.165, 1.54) is 7.11 Å². The van der Waals surface area contributed by atoms with Gasteiger partial charge in [0.1, 0.15) is 5.75 Å². The second-order valence-electron chi connectivity index (χ2n) is 3.90. The van der Waals surface area contributed by atoms with Gasteiger partial charge in [-0.1, -0.05) is 45.2 Å². The van der Waals surface area contributed by atoms with E-state index in [1.54, 1.807) is 30.3 Å². The number of ether oxygens (including phenoxy) is 1. The van der Waals surface area contributed by atoms with Crippen LogP contribution in [0.3, 0.4) is 0 Å². The minimum atomic E-state index is -0.353. The van der Waals surface area contributed by atoms with Crippen molar-refractivity contribution in [3.63, 3.8) is 0 Å². The number of hydrogen-bond donors (Lipinski definition) is 1. The zero-order valence-corrected chi connectivity index (χ0v) is 13.5. The second-order valence-corrected chi connectivity index (χ2v) is 5.60. The summed E-state index contributed by atoms with van der Waals surface area (Å²) < 4.78 is 6.02. The van der Waals surface area contributed by atoms with Crippen molar-refractivity contribution in [3.8, 4) is 5.75 Å². The minimum absolute atomic E-state index is 0.223. The highest BCUT2D eigenvalue weighted by atomic mass is 79.9. The van der Waals surface area contributed by atoms with Crippen LogP contribution in [-0.2, 0) is 0 Å². The molecule has 0 bridgehead atoms. The van der Waals surface area contributed by atoms with Gasteiger partial charge in [0, 0.05) is 4.47 Å². The van der Waals surface area contributed by atoms with Crippen molar-refractivity contribution in [2.45, 2.75) is 0 Å². The van der Waals surface area contributed by atoms with Gasteiger partial charge in [-0.15, -0.1) is 0 Å². The van der Waals surface area contributed by atoms with Gasteiger partial charge in [0.2, 0.25) is 0 Å². The number of carbonyl (C=O) groups excluding carboxylic acids is 1. The highest BCUT2D eigenvalue weighted by Gasteiger charge is 2.14. The Hall–Kier alpha value is -1.23. The summed E-state index contributed by atoms with van der Waals surface area (Å²) in [5.74, 6) is 0.202. The van der Waals surface area contributed by atoms with Crippen molar-refractivity contribution in [1.82, 2.24) is 0 Å². The van der Waals surface area contributed by atoms with Gasteiger partial charge >= 0.3 is 0 Å². The molecule has 104 valence electrons. The predicted octanol–water partition coefficient (Wildman–Crippen LogP) is 5.02. The van der Waals surface area contributed by atoms with Crippen LogP contribution in [0, 0.1) is 0 Å². The van der Waals surface area contributed by atoms with Crippen LogP contribution >= 0.6 is 39.1 Å². The summed E-state index contributed by atoms with van der Waals surface area (Å²) in [7, 11) is 1.53. The Morgan fingerprint density at radius 3 is 2.70 bits per heavy atom. The fraction of sp³-hybridized carbons (Fsp3) is 0.0714. The van der Waals surface area contributed by atoms with E-state index in [9.17, 15) is 4.79 Å². The van der Waals surface area contributed by atoms with Crippen molar-refractivity contribution in [2.24, 2.45) is 0 Å². The molecule has 2 aromatic rings. The monoisotopic (exact) mass is 373 g/mol. The van der Waals surface area contributed by atoms with E-state index >= 15 is 0 Å². The Morgan fingerprint density at radius 2 is 2.00 bits per heavy atom. The number of hydrogen-bond acceptors (Lipinski definition) is 2. The molecular weight excluding hydrogens is 365 g/mol. The van der Waals surface area contributed by atoms with Gasteiger partial charge in [0.05, 0.1) is 28.4 Å². The second kappa shape index (κ2) is 6.48. The molecule has 2 rings (SSSR count). The van der Waals surface area contributed by atoms with Crippen LogP contribution in [0.25, 0.3) is 0 Å². The molecule has 0 atom stereocenters. The molecule has 0 aliphatic carbocycles. The van der Waals surface area contributed by atoms with Gasteiger partial charge in [0.15, 0.2) is 0 Å². The Bertz CT molecular complexity index is 662. The number of benzene rings is 2. The van der Waals surface area contributed by atoms with Gasteiger partial charge in [-0.05, 0) is 30.3 Å². The first-order chi connectivity index (χ1) is 9.52. The summed E-state index contributed by atoms with van der Waals surface area (Å²) >= 11 is 15.3. The summed E-state index contributed by atoms with van der Waals surface area (Å²) in [6.07, 6.45) is 0. The lowest BCUT2D eigenvalue weighted by Gasteiger charge is -2.11. The number of anilines is 1. The summed E-state index contributed by atoms with van der Waals surface area (Å²) in [5.41, 5.74) is 0.851. The number of amides is 1. The summed E-state index contributed by atoms with van der Waals surface area (Å²) in [6, 6.07) is 10.2. The maximum Gasteiger partial charge on any atom is 0.257 e. The Morgan fingerprint density at radius 1 is 1.25 bits per heavy atom. The van der Waals surface area contributed by atoms with E-state index in [0.29, 0.717) is 22.0 Å². The summed E-state index contributed by atoms with van der Waals surface area (Å²) in [4.78, 5) is 12.2. The molecule has 6 heteroatoms. The predicted molar refractivity (Wildman–Crippen MR) is 85.1 cm³/mol. The van der Waals surface area contributed by atoms with Crippen molar-refractivity contribution < 1.29 is 9.53 Å². The molecule has 20 heavy (non-hydrogen) atoms. The smallest absolute Gasteiger partial charge is 0.257 e. The molecule has 0 radical (unpaired) electrons. The number of carbonyl (C=O) groups is 1. The molecule has 0 aliphatic rings. The topological polar surface area (TPSA) is 38.3 Å².